The summed E-state index contributed by atoms with van der Waals surface area (Å²) in [4.78, 5) is 40.2. The van der Waals surface area contributed by atoms with E-state index in [1.807, 2.05) is 0 Å². The van der Waals surface area contributed by atoms with Gasteiger partial charge >= 0.3 is 0 Å². The summed E-state index contributed by atoms with van der Waals surface area (Å²) >= 11 is 0. The predicted molar refractivity (Wildman–Crippen MR) is 124 cm³/mol. The highest BCUT2D eigenvalue weighted by Gasteiger charge is 2.34. The lowest BCUT2D eigenvalue weighted by molar-refractivity contribution is -0.124. The standard InChI is InChI=1S/C25H30FN3O5/c1-33-15-12-27-24(31)22(28-23(30)18-6-8-21(34-2)9-7-18)17-10-13-29(14-11-17)25(32)19-4-3-5-20(26)16-19/h3-9,16-17,22H,10-15H2,1-2H3,(H,27,31)(H,28,30)/t22-/m0/s1. The molecule has 3 amide bonds. The van der Waals surface area contributed by atoms with Crippen molar-refractivity contribution < 1.29 is 28.2 Å². The van der Waals surface area contributed by atoms with Gasteiger partial charge in [0.15, 0.2) is 0 Å². The maximum Gasteiger partial charge on any atom is 0.253 e. The minimum Gasteiger partial charge on any atom is -0.497 e. The summed E-state index contributed by atoms with van der Waals surface area (Å²) in [5.41, 5.74) is 0.703. The number of nitrogens with zero attached hydrogens (tertiary/aromatic N) is 1. The largest absolute Gasteiger partial charge is 0.497 e. The van der Waals surface area contributed by atoms with Crippen LogP contribution in [0, 0.1) is 11.7 Å². The quantitative estimate of drug-likeness (QED) is 0.547. The first-order valence-electron chi connectivity index (χ1n) is 11.2. The van der Waals surface area contributed by atoms with Gasteiger partial charge < -0.3 is 25.0 Å². The van der Waals surface area contributed by atoms with Crippen LogP contribution in [0.1, 0.15) is 33.6 Å². The molecule has 0 unspecified atom stereocenters. The number of ether oxygens (including phenoxy) is 2. The summed E-state index contributed by atoms with van der Waals surface area (Å²) in [7, 11) is 3.08. The average Bonchev–Trinajstić information content (AvgIpc) is 2.87. The Balaban J connectivity index is 1.67. The van der Waals surface area contributed by atoms with E-state index in [0.29, 0.717) is 56.0 Å². The van der Waals surface area contributed by atoms with Crippen LogP contribution in [0.2, 0.25) is 0 Å². The highest BCUT2D eigenvalue weighted by atomic mass is 19.1. The molecule has 1 saturated heterocycles. The lowest BCUT2D eigenvalue weighted by atomic mass is 9.88. The minimum absolute atomic E-state index is 0.165. The van der Waals surface area contributed by atoms with Crippen LogP contribution in [-0.2, 0) is 9.53 Å². The third kappa shape index (κ3) is 6.54. The molecule has 8 nitrogen and oxygen atoms in total. The van der Waals surface area contributed by atoms with Crippen molar-refractivity contribution in [3.05, 3.63) is 65.5 Å². The minimum atomic E-state index is -0.766. The lowest BCUT2D eigenvalue weighted by Gasteiger charge is -2.36. The molecular formula is C25H30FN3O5. The van der Waals surface area contributed by atoms with E-state index in [1.165, 1.54) is 18.2 Å². The zero-order valence-corrected chi connectivity index (χ0v) is 19.4. The van der Waals surface area contributed by atoms with Gasteiger partial charge in [-0.3, -0.25) is 14.4 Å². The van der Waals surface area contributed by atoms with Gasteiger partial charge in [-0.15, -0.1) is 0 Å². The second kappa shape index (κ2) is 12.1. The lowest BCUT2D eigenvalue weighted by Crippen LogP contribution is -2.54. The number of halogens is 1. The molecule has 9 heteroatoms. The third-order valence-corrected chi connectivity index (χ3v) is 5.90. The number of rotatable bonds is 9. The maximum atomic E-state index is 13.5. The van der Waals surface area contributed by atoms with Gasteiger partial charge in [0, 0.05) is 37.9 Å². The van der Waals surface area contributed by atoms with E-state index in [1.54, 1.807) is 49.5 Å². The Morgan fingerprint density at radius 2 is 1.76 bits per heavy atom. The molecule has 0 saturated carbocycles. The first-order chi connectivity index (χ1) is 16.4. The topological polar surface area (TPSA) is 97.0 Å². The summed E-state index contributed by atoms with van der Waals surface area (Å²) in [6, 6.07) is 11.5. The molecule has 2 aromatic carbocycles. The molecule has 34 heavy (non-hydrogen) atoms. The van der Waals surface area contributed by atoms with Crippen molar-refractivity contribution in [2.75, 3.05) is 40.5 Å². The molecule has 2 N–H and O–H groups in total. The molecule has 0 aromatic heterocycles. The Kier molecular flexibility index (Phi) is 8.98. The Morgan fingerprint density at radius 3 is 2.38 bits per heavy atom. The van der Waals surface area contributed by atoms with E-state index in [-0.39, 0.29) is 23.6 Å². The van der Waals surface area contributed by atoms with Crippen molar-refractivity contribution >= 4 is 17.7 Å². The van der Waals surface area contributed by atoms with Crippen LogP contribution in [-0.4, -0.2) is 69.1 Å². The van der Waals surface area contributed by atoms with Gasteiger partial charge in [0.05, 0.1) is 13.7 Å². The first kappa shape index (κ1) is 25.2. The van der Waals surface area contributed by atoms with Crippen LogP contribution in [0.4, 0.5) is 4.39 Å². The molecule has 0 bridgehead atoms. The SMILES string of the molecule is COCCNC(=O)[C@@H](NC(=O)c1ccc(OC)cc1)C1CCN(C(=O)c2cccc(F)c2)CC1. The molecular weight excluding hydrogens is 441 g/mol. The van der Waals surface area contributed by atoms with E-state index in [2.05, 4.69) is 10.6 Å². The van der Waals surface area contributed by atoms with Gasteiger partial charge in [-0.1, -0.05) is 6.07 Å². The smallest absolute Gasteiger partial charge is 0.253 e. The van der Waals surface area contributed by atoms with Gasteiger partial charge in [0.2, 0.25) is 5.91 Å². The first-order valence-corrected chi connectivity index (χ1v) is 11.2. The second-order valence-corrected chi connectivity index (χ2v) is 8.10. The fraction of sp³-hybridized carbons (Fsp3) is 0.400. The molecule has 1 fully saturated rings. The van der Waals surface area contributed by atoms with E-state index in [0.717, 1.165) is 0 Å². The summed E-state index contributed by atoms with van der Waals surface area (Å²) in [6.07, 6.45) is 1.04. The number of carbonyl (C=O) groups excluding carboxylic acids is 3. The van der Waals surface area contributed by atoms with Crippen molar-refractivity contribution in [1.82, 2.24) is 15.5 Å². The number of amides is 3. The van der Waals surface area contributed by atoms with E-state index >= 15 is 0 Å². The summed E-state index contributed by atoms with van der Waals surface area (Å²) in [5, 5.41) is 5.67. The van der Waals surface area contributed by atoms with Crippen molar-refractivity contribution in [3.63, 3.8) is 0 Å². The Bertz CT molecular complexity index is 990. The highest BCUT2D eigenvalue weighted by Crippen LogP contribution is 2.23. The van der Waals surface area contributed by atoms with Crippen LogP contribution >= 0.6 is 0 Å². The second-order valence-electron chi connectivity index (χ2n) is 8.10. The molecule has 1 atom stereocenters. The number of hydrogen-bond donors (Lipinski definition) is 2. The average molecular weight is 472 g/mol. The molecule has 182 valence electrons. The van der Waals surface area contributed by atoms with E-state index in [9.17, 15) is 18.8 Å². The number of hydrogen-bond acceptors (Lipinski definition) is 5. The predicted octanol–water partition coefficient (Wildman–Crippen LogP) is 2.25. The Morgan fingerprint density at radius 1 is 1.06 bits per heavy atom. The van der Waals surface area contributed by atoms with Crippen LogP contribution in [0.3, 0.4) is 0 Å². The molecule has 1 aliphatic heterocycles. The molecule has 3 rings (SSSR count). The maximum absolute atomic E-state index is 13.5. The van der Waals surface area contributed by atoms with Crippen LogP contribution in [0.15, 0.2) is 48.5 Å². The fourth-order valence-corrected chi connectivity index (χ4v) is 3.99. The van der Waals surface area contributed by atoms with Crippen molar-refractivity contribution in [2.24, 2.45) is 5.92 Å². The van der Waals surface area contributed by atoms with Crippen molar-refractivity contribution in [3.8, 4) is 5.75 Å². The molecule has 1 heterocycles. The van der Waals surface area contributed by atoms with Gasteiger partial charge in [0.25, 0.3) is 11.8 Å². The number of likely N-dealkylation sites (tertiary alicyclic amines) is 1. The number of piperidine rings is 1. The van der Waals surface area contributed by atoms with Crippen molar-refractivity contribution in [1.29, 1.82) is 0 Å². The third-order valence-electron chi connectivity index (χ3n) is 5.90. The zero-order valence-electron chi connectivity index (χ0n) is 19.4. The van der Waals surface area contributed by atoms with Crippen LogP contribution in [0.25, 0.3) is 0 Å². The molecule has 1 aliphatic rings. The van der Waals surface area contributed by atoms with Gasteiger partial charge in [0.1, 0.15) is 17.6 Å². The van der Waals surface area contributed by atoms with E-state index in [4.69, 9.17) is 9.47 Å². The van der Waals surface area contributed by atoms with Crippen LogP contribution in [0.5, 0.6) is 5.75 Å². The number of methoxy groups -OCH3 is 2. The number of benzene rings is 2. The highest BCUT2D eigenvalue weighted by molar-refractivity contribution is 5.98. The van der Waals surface area contributed by atoms with Gasteiger partial charge in [-0.2, -0.15) is 0 Å². The fourth-order valence-electron chi connectivity index (χ4n) is 3.99. The van der Waals surface area contributed by atoms with Crippen molar-refractivity contribution in [2.45, 2.75) is 18.9 Å². The molecule has 0 spiro atoms. The molecule has 0 aliphatic carbocycles. The molecule has 0 radical (unpaired) electrons. The van der Waals surface area contributed by atoms with Gasteiger partial charge in [-0.05, 0) is 61.2 Å². The number of carbonyl (C=O) groups is 3. The zero-order chi connectivity index (χ0) is 24.5. The summed E-state index contributed by atoms with van der Waals surface area (Å²) in [5.74, 6) is -0.917. The normalized spacial score (nSPS) is 14.9. The van der Waals surface area contributed by atoms with Crippen LogP contribution < -0.4 is 15.4 Å². The van der Waals surface area contributed by atoms with Gasteiger partial charge in [-0.25, -0.2) is 4.39 Å². The Labute approximate surface area is 198 Å². The number of nitrogens with one attached hydrogen (secondary N) is 2. The molecule has 2 aromatic rings. The Hall–Kier alpha value is -3.46. The monoisotopic (exact) mass is 471 g/mol. The summed E-state index contributed by atoms with van der Waals surface area (Å²) in [6.45, 7) is 1.48. The van der Waals surface area contributed by atoms with E-state index < -0.39 is 11.9 Å². The summed E-state index contributed by atoms with van der Waals surface area (Å²) < 4.78 is 23.6.